The fourth-order valence-electron chi connectivity index (χ4n) is 3.14. The van der Waals surface area contributed by atoms with E-state index in [9.17, 15) is 17.6 Å². The third-order valence-electron chi connectivity index (χ3n) is 4.54. The Morgan fingerprint density at radius 3 is 2.12 bits per heavy atom. The fourth-order valence-corrected chi connectivity index (χ4v) is 4.81. The Hall–Kier alpha value is -1.55. The van der Waals surface area contributed by atoms with Crippen molar-refractivity contribution in [1.29, 1.82) is 0 Å². The van der Waals surface area contributed by atoms with Crippen molar-refractivity contribution < 1.29 is 17.6 Å². The van der Waals surface area contributed by atoms with Gasteiger partial charge in [-0.2, -0.15) is 17.0 Å². The number of hydrogen-bond donors (Lipinski definition) is 1. The van der Waals surface area contributed by atoms with Gasteiger partial charge in [-0.15, -0.1) is 0 Å². The number of amides is 1. The van der Waals surface area contributed by atoms with Crippen molar-refractivity contribution in [3.8, 4) is 0 Å². The standard InChI is InChI=1S/C16H23FN4O3S/c17-14-3-5-15(6-4-14)18-16(22)13-19-9-11-21(12-10-19)25(23,24)20-7-1-2-8-20/h3-6H,1-2,7-13H2,(H,18,22). The van der Waals surface area contributed by atoms with Crippen LogP contribution in [0.2, 0.25) is 0 Å². The minimum atomic E-state index is -3.36. The molecule has 0 spiro atoms. The first-order valence-electron chi connectivity index (χ1n) is 8.48. The van der Waals surface area contributed by atoms with Crippen molar-refractivity contribution in [2.75, 3.05) is 51.1 Å². The molecule has 2 saturated heterocycles. The van der Waals surface area contributed by atoms with Gasteiger partial charge < -0.3 is 5.32 Å². The predicted octanol–water partition coefficient (Wildman–Crippen LogP) is 0.722. The van der Waals surface area contributed by atoms with Crippen LogP contribution in [0, 0.1) is 5.82 Å². The smallest absolute Gasteiger partial charge is 0.282 e. The predicted molar refractivity (Wildman–Crippen MR) is 92.8 cm³/mol. The molecule has 0 aliphatic carbocycles. The zero-order chi connectivity index (χ0) is 17.9. The average Bonchev–Trinajstić information content (AvgIpc) is 3.13. The van der Waals surface area contributed by atoms with Crippen molar-refractivity contribution in [3.05, 3.63) is 30.1 Å². The second kappa shape index (κ2) is 7.77. The van der Waals surface area contributed by atoms with Gasteiger partial charge in [-0.25, -0.2) is 4.39 Å². The summed E-state index contributed by atoms with van der Waals surface area (Å²) in [5, 5.41) is 2.72. The highest BCUT2D eigenvalue weighted by Gasteiger charge is 2.33. The normalized spacial score (nSPS) is 20.7. The number of halogens is 1. The van der Waals surface area contributed by atoms with E-state index in [4.69, 9.17) is 0 Å². The maximum absolute atomic E-state index is 12.9. The molecule has 2 aliphatic rings. The highest BCUT2D eigenvalue weighted by Crippen LogP contribution is 2.18. The van der Waals surface area contributed by atoms with Crippen LogP contribution >= 0.6 is 0 Å². The molecule has 1 amide bonds. The molecule has 0 unspecified atom stereocenters. The molecule has 2 aliphatic heterocycles. The van der Waals surface area contributed by atoms with Crippen molar-refractivity contribution >= 4 is 21.8 Å². The molecule has 0 aromatic heterocycles. The molecule has 25 heavy (non-hydrogen) atoms. The molecule has 0 saturated carbocycles. The van der Waals surface area contributed by atoms with E-state index in [0.29, 0.717) is 45.0 Å². The number of carbonyl (C=O) groups excluding carboxylic acids is 1. The van der Waals surface area contributed by atoms with E-state index in [1.165, 1.54) is 28.6 Å². The molecule has 2 heterocycles. The molecule has 0 radical (unpaired) electrons. The minimum absolute atomic E-state index is 0.189. The first-order valence-corrected chi connectivity index (χ1v) is 9.88. The molecule has 1 aromatic carbocycles. The van der Waals surface area contributed by atoms with E-state index >= 15 is 0 Å². The van der Waals surface area contributed by atoms with Crippen molar-refractivity contribution in [1.82, 2.24) is 13.5 Å². The van der Waals surface area contributed by atoms with Gasteiger partial charge >= 0.3 is 0 Å². The van der Waals surface area contributed by atoms with Gasteiger partial charge in [-0.1, -0.05) is 0 Å². The van der Waals surface area contributed by atoms with Crippen LogP contribution in [0.3, 0.4) is 0 Å². The van der Waals surface area contributed by atoms with Crippen molar-refractivity contribution in [2.45, 2.75) is 12.8 Å². The molecule has 1 N–H and O–H groups in total. The summed E-state index contributed by atoms with van der Waals surface area (Å²) in [6, 6.07) is 5.59. The van der Waals surface area contributed by atoms with Crippen LogP contribution in [0.15, 0.2) is 24.3 Å². The molecule has 9 heteroatoms. The molecule has 0 atom stereocenters. The zero-order valence-electron chi connectivity index (χ0n) is 14.0. The Morgan fingerprint density at radius 2 is 1.52 bits per heavy atom. The summed E-state index contributed by atoms with van der Waals surface area (Å²) in [6.45, 7) is 3.21. The Bertz CT molecular complexity index is 697. The van der Waals surface area contributed by atoms with E-state index in [2.05, 4.69) is 5.32 Å². The van der Waals surface area contributed by atoms with Gasteiger partial charge in [0.25, 0.3) is 10.2 Å². The van der Waals surface area contributed by atoms with Gasteiger partial charge in [-0.3, -0.25) is 9.69 Å². The summed E-state index contributed by atoms with van der Waals surface area (Å²) >= 11 is 0. The minimum Gasteiger partial charge on any atom is -0.325 e. The van der Waals surface area contributed by atoms with Gasteiger partial charge in [0.1, 0.15) is 5.82 Å². The van der Waals surface area contributed by atoms with E-state index in [-0.39, 0.29) is 18.3 Å². The Balaban J connectivity index is 1.47. The summed E-state index contributed by atoms with van der Waals surface area (Å²) < 4.78 is 40.9. The van der Waals surface area contributed by atoms with Crippen molar-refractivity contribution in [3.63, 3.8) is 0 Å². The van der Waals surface area contributed by atoms with Crippen LogP contribution in [-0.4, -0.2) is 73.6 Å². The summed E-state index contributed by atoms with van der Waals surface area (Å²) in [6.07, 6.45) is 1.84. The van der Waals surface area contributed by atoms with Crippen LogP contribution in [-0.2, 0) is 15.0 Å². The number of carbonyl (C=O) groups is 1. The first-order chi connectivity index (χ1) is 11.9. The van der Waals surface area contributed by atoms with Crippen LogP contribution in [0.5, 0.6) is 0 Å². The average molecular weight is 370 g/mol. The van der Waals surface area contributed by atoms with Gasteiger partial charge in [0.15, 0.2) is 0 Å². The van der Waals surface area contributed by atoms with Crippen LogP contribution < -0.4 is 5.32 Å². The molecular weight excluding hydrogens is 347 g/mol. The Kier molecular flexibility index (Phi) is 5.67. The van der Waals surface area contributed by atoms with Gasteiger partial charge in [0.2, 0.25) is 5.91 Å². The molecule has 2 fully saturated rings. The zero-order valence-corrected chi connectivity index (χ0v) is 14.8. The highest BCUT2D eigenvalue weighted by atomic mass is 32.2. The Morgan fingerprint density at radius 1 is 0.960 bits per heavy atom. The monoisotopic (exact) mass is 370 g/mol. The van der Waals surface area contributed by atoms with Crippen LogP contribution in [0.25, 0.3) is 0 Å². The molecule has 0 bridgehead atoms. The lowest BCUT2D eigenvalue weighted by molar-refractivity contribution is -0.117. The topological polar surface area (TPSA) is 73.0 Å². The lowest BCUT2D eigenvalue weighted by atomic mass is 10.3. The summed E-state index contributed by atoms with van der Waals surface area (Å²) in [4.78, 5) is 14.0. The molecule has 7 nitrogen and oxygen atoms in total. The largest absolute Gasteiger partial charge is 0.325 e. The van der Waals surface area contributed by atoms with E-state index in [0.717, 1.165) is 12.8 Å². The second-order valence-corrected chi connectivity index (χ2v) is 8.27. The maximum atomic E-state index is 12.9. The van der Waals surface area contributed by atoms with Gasteiger partial charge in [0.05, 0.1) is 6.54 Å². The lowest BCUT2D eigenvalue weighted by Crippen LogP contribution is -2.53. The summed E-state index contributed by atoms with van der Waals surface area (Å²) in [5.74, 6) is -0.546. The SMILES string of the molecule is O=C(CN1CCN(S(=O)(=O)N2CCCC2)CC1)Nc1ccc(F)cc1. The molecular formula is C16H23FN4O3S. The van der Waals surface area contributed by atoms with Gasteiger partial charge in [0, 0.05) is 45.0 Å². The van der Waals surface area contributed by atoms with Crippen LogP contribution in [0.4, 0.5) is 10.1 Å². The second-order valence-electron chi connectivity index (χ2n) is 6.34. The number of anilines is 1. The van der Waals surface area contributed by atoms with E-state index in [1.807, 2.05) is 4.90 Å². The summed E-state index contributed by atoms with van der Waals surface area (Å²) in [5.41, 5.74) is 0.543. The number of hydrogen-bond acceptors (Lipinski definition) is 4. The maximum Gasteiger partial charge on any atom is 0.282 e. The highest BCUT2D eigenvalue weighted by molar-refractivity contribution is 7.86. The quantitative estimate of drug-likeness (QED) is 0.829. The van der Waals surface area contributed by atoms with Gasteiger partial charge in [-0.05, 0) is 37.1 Å². The van der Waals surface area contributed by atoms with E-state index in [1.54, 1.807) is 4.31 Å². The summed E-state index contributed by atoms with van der Waals surface area (Å²) in [7, 11) is -3.36. The van der Waals surface area contributed by atoms with Crippen molar-refractivity contribution in [2.24, 2.45) is 0 Å². The number of nitrogens with one attached hydrogen (secondary N) is 1. The van der Waals surface area contributed by atoms with E-state index < -0.39 is 10.2 Å². The Labute approximate surface area is 147 Å². The number of rotatable bonds is 5. The number of nitrogens with zero attached hydrogens (tertiary/aromatic N) is 3. The first kappa shape index (κ1) is 18.2. The lowest BCUT2D eigenvalue weighted by Gasteiger charge is -2.35. The third kappa shape index (κ3) is 4.55. The fraction of sp³-hybridized carbons (Fsp3) is 0.562. The number of benzene rings is 1. The van der Waals surface area contributed by atoms with Crippen LogP contribution in [0.1, 0.15) is 12.8 Å². The third-order valence-corrected chi connectivity index (χ3v) is 6.58. The molecule has 138 valence electrons. The molecule has 3 rings (SSSR count). The number of piperazine rings is 1. The molecule has 1 aromatic rings.